The number of hydrogen-bond donors (Lipinski definition) is 2. The number of H-pyrrole nitrogens is 1. The van der Waals surface area contributed by atoms with Crippen molar-refractivity contribution >= 4 is 28.4 Å². The first-order chi connectivity index (χ1) is 23.4. The number of benzene rings is 1. The monoisotopic (exact) mass is 662 g/mol. The van der Waals surface area contributed by atoms with Gasteiger partial charge in [-0.3, -0.25) is 14.5 Å². The SMILES string of the molecule is CCCCCCCCC=CCCCCCCCCCCCC(=O)O.CCN(CC)C(=O)[C@@H]1C=C2c3cccc4[nH]cc(c34)C[C@H]2N(C)C1. The molecular formula is C42H67N3O3. The highest BCUT2D eigenvalue weighted by atomic mass is 16.4. The van der Waals surface area contributed by atoms with Gasteiger partial charge in [0.2, 0.25) is 5.91 Å². The number of carboxylic acid groups (broad SMARTS) is 1. The summed E-state index contributed by atoms with van der Waals surface area (Å²) in [5.74, 6) is -0.447. The van der Waals surface area contributed by atoms with Crippen LogP contribution in [-0.2, 0) is 16.0 Å². The number of aromatic amines is 1. The smallest absolute Gasteiger partial charge is 0.303 e. The lowest BCUT2D eigenvalue weighted by Gasteiger charge is -2.40. The highest BCUT2D eigenvalue weighted by Gasteiger charge is 2.36. The molecule has 2 atom stereocenters. The van der Waals surface area contributed by atoms with Crippen molar-refractivity contribution in [3.05, 3.63) is 53.8 Å². The van der Waals surface area contributed by atoms with E-state index in [4.69, 9.17) is 5.11 Å². The molecule has 1 aliphatic heterocycles. The summed E-state index contributed by atoms with van der Waals surface area (Å²) in [7, 11) is 2.15. The third kappa shape index (κ3) is 12.9. The molecule has 0 fully saturated rings. The Labute approximate surface area is 292 Å². The minimum atomic E-state index is -0.656. The summed E-state index contributed by atoms with van der Waals surface area (Å²) in [5, 5.41) is 9.89. The number of aromatic nitrogens is 1. The summed E-state index contributed by atoms with van der Waals surface area (Å²) in [6.45, 7) is 8.74. The lowest BCUT2D eigenvalue weighted by molar-refractivity contribution is -0.137. The standard InChI is InChI=1S/C22H42O2.C20H25N3O/c1-2-3-4-5-6-7-8-9-10-11-12-13-14-15-16-17-18-19-20-21-22(23)24;1-4-23(5-2)20(24)14-9-16-15-7-6-8-17-19(15)13(11-21-17)10-18(16)22(3)12-14/h9-10H,2-8,11-21H2,1H3,(H,23,24);6-9,11,14,18,21H,4-5,10,12H2,1-3H3/t;14-,18-/m.1/s1. The minimum Gasteiger partial charge on any atom is -0.481 e. The van der Waals surface area contributed by atoms with Crippen LogP contribution >= 0.6 is 0 Å². The third-order valence-corrected chi connectivity index (χ3v) is 10.3. The number of unbranched alkanes of at least 4 members (excludes halogenated alkanes) is 15. The normalized spacial score (nSPS) is 17.2. The van der Waals surface area contributed by atoms with Crippen LogP contribution in [0.3, 0.4) is 0 Å². The first kappa shape index (κ1) is 39.6. The van der Waals surface area contributed by atoms with Gasteiger partial charge >= 0.3 is 5.97 Å². The predicted molar refractivity (Wildman–Crippen MR) is 203 cm³/mol. The lowest BCUT2D eigenvalue weighted by atomic mass is 9.79. The van der Waals surface area contributed by atoms with E-state index in [1.165, 1.54) is 124 Å². The van der Waals surface area contributed by atoms with Gasteiger partial charge in [-0.25, -0.2) is 0 Å². The Kier molecular flexibility index (Phi) is 18.7. The number of rotatable bonds is 22. The number of carbonyl (C=O) groups excluding carboxylic acids is 1. The van der Waals surface area contributed by atoms with Gasteiger partial charge in [-0.2, -0.15) is 0 Å². The van der Waals surface area contributed by atoms with Crippen molar-refractivity contribution in [2.45, 2.75) is 149 Å². The van der Waals surface area contributed by atoms with Crippen molar-refractivity contribution in [2.24, 2.45) is 5.92 Å². The number of hydrogen-bond acceptors (Lipinski definition) is 3. The number of carbonyl (C=O) groups is 2. The minimum absolute atomic E-state index is 0.0445. The average molecular weight is 662 g/mol. The second-order valence-corrected chi connectivity index (χ2v) is 14.1. The zero-order chi connectivity index (χ0) is 34.6. The molecule has 0 radical (unpaired) electrons. The number of amides is 1. The predicted octanol–water partition coefficient (Wildman–Crippen LogP) is 10.6. The average Bonchev–Trinajstić information content (AvgIpc) is 3.51. The topological polar surface area (TPSA) is 76.6 Å². The van der Waals surface area contributed by atoms with Crippen LogP contribution in [0.2, 0.25) is 0 Å². The third-order valence-electron chi connectivity index (χ3n) is 10.3. The highest BCUT2D eigenvalue weighted by Crippen LogP contribution is 2.41. The molecule has 2 aliphatic rings. The number of carboxylic acids is 1. The van der Waals surface area contributed by atoms with E-state index in [0.717, 1.165) is 38.9 Å². The fourth-order valence-corrected chi connectivity index (χ4v) is 7.43. The van der Waals surface area contributed by atoms with Crippen molar-refractivity contribution in [3.8, 4) is 0 Å². The Morgan fingerprint density at radius 3 is 2.02 bits per heavy atom. The quantitative estimate of drug-likeness (QED) is 0.0972. The maximum atomic E-state index is 12.9. The van der Waals surface area contributed by atoms with E-state index in [1.54, 1.807) is 0 Å². The van der Waals surface area contributed by atoms with Crippen LogP contribution in [0.25, 0.3) is 16.5 Å². The Morgan fingerprint density at radius 2 is 1.44 bits per heavy atom. The Balaban J connectivity index is 0.000000260. The molecule has 268 valence electrons. The number of nitrogens with zero attached hydrogens (tertiary/aromatic N) is 2. The van der Waals surface area contributed by atoms with Crippen molar-refractivity contribution in [3.63, 3.8) is 0 Å². The van der Waals surface area contributed by atoms with Gasteiger partial charge in [-0.05, 0) is 82.2 Å². The molecule has 4 rings (SSSR count). The van der Waals surface area contributed by atoms with E-state index < -0.39 is 5.97 Å². The summed E-state index contributed by atoms with van der Waals surface area (Å²) in [4.78, 5) is 30.9. The van der Waals surface area contributed by atoms with Crippen LogP contribution in [0.1, 0.15) is 147 Å². The van der Waals surface area contributed by atoms with E-state index in [1.807, 2.05) is 4.90 Å². The van der Waals surface area contributed by atoms with E-state index in [-0.39, 0.29) is 11.8 Å². The molecule has 1 amide bonds. The Hall–Kier alpha value is -2.86. The second kappa shape index (κ2) is 22.7. The molecule has 0 saturated heterocycles. The summed E-state index contributed by atoms with van der Waals surface area (Å²) in [6, 6.07) is 6.82. The van der Waals surface area contributed by atoms with Gasteiger partial charge in [-0.1, -0.05) is 114 Å². The van der Waals surface area contributed by atoms with Crippen LogP contribution in [0.4, 0.5) is 0 Å². The van der Waals surface area contributed by atoms with Gasteiger partial charge in [-0.15, -0.1) is 0 Å². The van der Waals surface area contributed by atoms with Gasteiger partial charge in [0.25, 0.3) is 0 Å². The maximum absolute atomic E-state index is 12.9. The molecule has 2 heterocycles. The van der Waals surface area contributed by atoms with Crippen molar-refractivity contribution in [2.75, 3.05) is 26.7 Å². The molecule has 2 N–H and O–H groups in total. The summed E-state index contributed by atoms with van der Waals surface area (Å²) >= 11 is 0. The summed E-state index contributed by atoms with van der Waals surface area (Å²) in [6.07, 6.45) is 32.5. The molecule has 1 aromatic carbocycles. The molecule has 48 heavy (non-hydrogen) atoms. The number of fused-ring (bicyclic) bond motifs is 2. The first-order valence-corrected chi connectivity index (χ1v) is 19.6. The molecule has 0 saturated carbocycles. The molecule has 0 unspecified atom stereocenters. The second-order valence-electron chi connectivity index (χ2n) is 14.1. The van der Waals surface area contributed by atoms with E-state index in [9.17, 15) is 9.59 Å². The largest absolute Gasteiger partial charge is 0.481 e. The van der Waals surface area contributed by atoms with Crippen molar-refractivity contribution in [1.82, 2.24) is 14.8 Å². The maximum Gasteiger partial charge on any atom is 0.303 e. The fraction of sp³-hybridized carbons (Fsp3) is 0.667. The number of aliphatic carboxylic acids is 1. The van der Waals surface area contributed by atoms with Gasteiger partial charge in [0.1, 0.15) is 0 Å². The number of allylic oxidation sites excluding steroid dienone is 2. The molecule has 1 aromatic heterocycles. The molecule has 0 bridgehead atoms. The zero-order valence-electron chi connectivity index (χ0n) is 30.9. The van der Waals surface area contributed by atoms with Gasteiger partial charge < -0.3 is 15.0 Å². The summed E-state index contributed by atoms with van der Waals surface area (Å²) in [5.41, 5.74) is 5.21. The molecule has 6 nitrogen and oxygen atoms in total. The van der Waals surface area contributed by atoms with Crippen LogP contribution < -0.4 is 0 Å². The fourth-order valence-electron chi connectivity index (χ4n) is 7.43. The van der Waals surface area contributed by atoms with Gasteiger partial charge in [0.05, 0.1) is 5.92 Å². The van der Waals surface area contributed by atoms with Crippen molar-refractivity contribution < 1.29 is 14.7 Å². The van der Waals surface area contributed by atoms with E-state index in [2.05, 4.69) is 80.3 Å². The van der Waals surface area contributed by atoms with Crippen LogP contribution in [-0.4, -0.2) is 64.5 Å². The van der Waals surface area contributed by atoms with Crippen LogP contribution in [0.15, 0.2) is 42.6 Å². The van der Waals surface area contributed by atoms with E-state index in [0.29, 0.717) is 12.5 Å². The van der Waals surface area contributed by atoms with E-state index >= 15 is 0 Å². The van der Waals surface area contributed by atoms with Crippen LogP contribution in [0.5, 0.6) is 0 Å². The number of likely N-dealkylation sites (N-methyl/N-ethyl adjacent to an activating group) is 1. The molecule has 1 aliphatic carbocycles. The first-order valence-electron chi connectivity index (χ1n) is 19.6. The molecular weight excluding hydrogens is 594 g/mol. The zero-order valence-corrected chi connectivity index (χ0v) is 30.9. The molecule has 2 aromatic rings. The Bertz CT molecular complexity index is 1270. The lowest BCUT2D eigenvalue weighted by Crippen LogP contribution is -2.47. The molecule has 6 heteroatoms. The Morgan fingerprint density at radius 1 is 0.854 bits per heavy atom. The number of nitrogens with one attached hydrogen (secondary N) is 1. The summed E-state index contributed by atoms with van der Waals surface area (Å²) < 4.78 is 0. The highest BCUT2D eigenvalue weighted by molar-refractivity contribution is 5.99. The van der Waals surface area contributed by atoms with Crippen LogP contribution in [0, 0.1) is 5.92 Å². The van der Waals surface area contributed by atoms with Gasteiger partial charge in [0, 0.05) is 49.2 Å². The van der Waals surface area contributed by atoms with Gasteiger partial charge in [0.15, 0.2) is 0 Å². The van der Waals surface area contributed by atoms with Crippen molar-refractivity contribution in [1.29, 1.82) is 0 Å². The molecule has 0 spiro atoms.